The lowest BCUT2D eigenvalue weighted by Gasteiger charge is -2.30. The molecule has 0 aromatic heterocycles. The fourth-order valence-electron chi connectivity index (χ4n) is 4.16. The first-order chi connectivity index (χ1) is 12.2. The van der Waals surface area contributed by atoms with Crippen molar-refractivity contribution in [2.45, 2.75) is 37.0 Å². The van der Waals surface area contributed by atoms with Crippen LogP contribution in [-0.4, -0.2) is 41.2 Å². The number of fused-ring (bicyclic) bond motifs is 1. The van der Waals surface area contributed by atoms with Crippen molar-refractivity contribution in [2.75, 3.05) is 13.1 Å². The average Bonchev–Trinajstić information content (AvgIpc) is 3.27. The molecule has 0 bridgehead atoms. The van der Waals surface area contributed by atoms with Crippen LogP contribution in [0.1, 0.15) is 30.4 Å². The van der Waals surface area contributed by atoms with E-state index in [1.54, 1.807) is 24.3 Å². The normalized spacial score (nSPS) is 23.4. The molecule has 4 nitrogen and oxygen atoms in total. The molecule has 2 aliphatic heterocycles. The van der Waals surface area contributed by atoms with Crippen LogP contribution in [0.15, 0.2) is 60.7 Å². The van der Waals surface area contributed by atoms with Crippen LogP contribution in [-0.2, 0) is 15.1 Å². The number of aliphatic hydroxyl groups is 1. The molecule has 2 aliphatic rings. The summed E-state index contributed by atoms with van der Waals surface area (Å²) in [5, 5.41) is 11.4. The van der Waals surface area contributed by atoms with Crippen LogP contribution in [0.25, 0.3) is 0 Å². The van der Waals surface area contributed by atoms with Crippen LogP contribution in [0.3, 0.4) is 0 Å². The van der Waals surface area contributed by atoms with Crippen molar-refractivity contribution in [2.24, 2.45) is 0 Å². The van der Waals surface area contributed by atoms with Gasteiger partial charge >= 0.3 is 5.97 Å². The largest absolute Gasteiger partial charge is 0.458 e. The maximum absolute atomic E-state index is 13.1. The van der Waals surface area contributed by atoms with Gasteiger partial charge in [-0.05, 0) is 36.9 Å². The van der Waals surface area contributed by atoms with E-state index < -0.39 is 11.6 Å². The first-order valence-corrected chi connectivity index (χ1v) is 8.98. The van der Waals surface area contributed by atoms with E-state index in [4.69, 9.17) is 4.74 Å². The standard InChI is InChI=1S/C21H23NO3/c23-20(25-19-13-15-22-14-7-12-18(19)22)21(24,16-8-3-1-4-9-16)17-10-5-2-6-11-17/h1-6,8-11,18-19,24H,7,12-15H2. The van der Waals surface area contributed by atoms with Gasteiger partial charge in [-0.2, -0.15) is 0 Å². The Hall–Kier alpha value is -2.17. The zero-order valence-electron chi connectivity index (χ0n) is 14.2. The summed E-state index contributed by atoms with van der Waals surface area (Å²) in [6, 6.07) is 18.4. The lowest BCUT2D eigenvalue weighted by atomic mass is 9.86. The molecule has 25 heavy (non-hydrogen) atoms. The van der Waals surface area contributed by atoms with Crippen LogP contribution in [0.2, 0.25) is 0 Å². The fraction of sp³-hybridized carbons (Fsp3) is 0.381. The highest BCUT2D eigenvalue weighted by Crippen LogP contribution is 2.35. The van der Waals surface area contributed by atoms with E-state index in [-0.39, 0.29) is 6.10 Å². The molecule has 2 aromatic carbocycles. The predicted octanol–water partition coefficient (Wildman–Crippen LogP) is 2.70. The molecule has 1 N–H and O–H groups in total. The lowest BCUT2D eigenvalue weighted by Crippen LogP contribution is -2.42. The summed E-state index contributed by atoms with van der Waals surface area (Å²) in [5.74, 6) is -0.580. The average molecular weight is 337 g/mol. The SMILES string of the molecule is O=C(OC1CCN2CCCC12)C(O)(c1ccccc1)c1ccccc1. The lowest BCUT2D eigenvalue weighted by molar-refractivity contribution is -0.168. The first kappa shape index (κ1) is 16.3. The van der Waals surface area contributed by atoms with Gasteiger partial charge in [0.1, 0.15) is 6.10 Å². The molecule has 2 heterocycles. The van der Waals surface area contributed by atoms with Gasteiger partial charge in [0.05, 0.1) is 0 Å². The van der Waals surface area contributed by atoms with Crippen molar-refractivity contribution in [3.63, 3.8) is 0 Å². The minimum atomic E-state index is -1.78. The van der Waals surface area contributed by atoms with E-state index in [1.807, 2.05) is 36.4 Å². The van der Waals surface area contributed by atoms with Crippen LogP contribution < -0.4 is 0 Å². The number of hydrogen-bond donors (Lipinski definition) is 1. The topological polar surface area (TPSA) is 49.8 Å². The monoisotopic (exact) mass is 337 g/mol. The molecule has 4 rings (SSSR count). The molecule has 0 saturated carbocycles. The zero-order chi connectivity index (χ0) is 17.3. The Balaban J connectivity index is 1.65. The zero-order valence-corrected chi connectivity index (χ0v) is 14.2. The Morgan fingerprint density at radius 2 is 1.56 bits per heavy atom. The number of esters is 1. The molecular weight excluding hydrogens is 314 g/mol. The van der Waals surface area contributed by atoms with Gasteiger partial charge in [0, 0.05) is 12.6 Å². The number of nitrogens with zero attached hydrogens (tertiary/aromatic N) is 1. The third-order valence-corrected chi connectivity index (χ3v) is 5.48. The van der Waals surface area contributed by atoms with E-state index in [0.29, 0.717) is 17.2 Å². The second-order valence-corrected chi connectivity index (χ2v) is 6.92. The van der Waals surface area contributed by atoms with E-state index in [2.05, 4.69) is 4.90 Å². The molecule has 4 heteroatoms. The molecule has 0 radical (unpaired) electrons. The second kappa shape index (κ2) is 6.62. The highest BCUT2D eigenvalue weighted by molar-refractivity contribution is 5.85. The molecule has 0 aliphatic carbocycles. The second-order valence-electron chi connectivity index (χ2n) is 6.92. The Bertz CT molecular complexity index is 692. The van der Waals surface area contributed by atoms with E-state index in [0.717, 1.165) is 32.4 Å². The van der Waals surface area contributed by atoms with E-state index in [9.17, 15) is 9.90 Å². The summed E-state index contributed by atoms with van der Waals surface area (Å²) >= 11 is 0. The van der Waals surface area contributed by atoms with E-state index >= 15 is 0 Å². The summed E-state index contributed by atoms with van der Waals surface area (Å²) in [6.07, 6.45) is 2.93. The van der Waals surface area contributed by atoms with Gasteiger partial charge < -0.3 is 9.84 Å². The van der Waals surface area contributed by atoms with Gasteiger partial charge in [0.25, 0.3) is 0 Å². The number of hydrogen-bond acceptors (Lipinski definition) is 4. The Morgan fingerprint density at radius 1 is 0.960 bits per heavy atom. The van der Waals surface area contributed by atoms with Crippen LogP contribution in [0, 0.1) is 0 Å². The molecule has 2 saturated heterocycles. The first-order valence-electron chi connectivity index (χ1n) is 8.98. The van der Waals surface area contributed by atoms with Gasteiger partial charge in [-0.15, -0.1) is 0 Å². The number of carbonyl (C=O) groups excluding carboxylic acids is 1. The molecule has 2 fully saturated rings. The molecule has 2 unspecified atom stereocenters. The minimum absolute atomic E-state index is 0.131. The highest BCUT2D eigenvalue weighted by atomic mass is 16.6. The third kappa shape index (κ3) is 2.86. The molecule has 130 valence electrons. The van der Waals surface area contributed by atoms with Crippen molar-refractivity contribution in [1.29, 1.82) is 0 Å². The Morgan fingerprint density at radius 3 is 2.16 bits per heavy atom. The molecule has 2 atom stereocenters. The van der Waals surface area contributed by atoms with Crippen molar-refractivity contribution >= 4 is 5.97 Å². The maximum atomic E-state index is 13.1. The van der Waals surface area contributed by atoms with Gasteiger partial charge in [-0.3, -0.25) is 4.90 Å². The third-order valence-electron chi connectivity index (χ3n) is 5.48. The minimum Gasteiger partial charge on any atom is -0.458 e. The summed E-state index contributed by atoms with van der Waals surface area (Å²) in [6.45, 7) is 2.05. The number of ether oxygens (including phenoxy) is 1. The summed E-state index contributed by atoms with van der Waals surface area (Å²) < 4.78 is 5.87. The molecule has 2 aromatic rings. The quantitative estimate of drug-likeness (QED) is 0.872. The van der Waals surface area contributed by atoms with Crippen molar-refractivity contribution < 1.29 is 14.6 Å². The number of rotatable bonds is 4. The number of benzene rings is 2. The van der Waals surface area contributed by atoms with Gasteiger partial charge in [-0.25, -0.2) is 4.79 Å². The van der Waals surface area contributed by atoms with Crippen LogP contribution >= 0.6 is 0 Å². The summed E-state index contributed by atoms with van der Waals surface area (Å²) in [4.78, 5) is 15.5. The van der Waals surface area contributed by atoms with Crippen LogP contribution in [0.5, 0.6) is 0 Å². The van der Waals surface area contributed by atoms with Gasteiger partial charge in [-0.1, -0.05) is 60.7 Å². The highest BCUT2D eigenvalue weighted by Gasteiger charge is 2.46. The van der Waals surface area contributed by atoms with Gasteiger partial charge in [0.2, 0.25) is 5.60 Å². The summed E-state index contributed by atoms with van der Waals surface area (Å²) in [7, 11) is 0. The fourth-order valence-corrected chi connectivity index (χ4v) is 4.16. The van der Waals surface area contributed by atoms with Crippen LogP contribution in [0.4, 0.5) is 0 Å². The Kier molecular flexibility index (Phi) is 4.32. The van der Waals surface area contributed by atoms with Crippen molar-refractivity contribution in [3.8, 4) is 0 Å². The summed E-state index contributed by atoms with van der Waals surface area (Å²) in [5.41, 5.74) is -0.714. The maximum Gasteiger partial charge on any atom is 0.348 e. The number of carbonyl (C=O) groups is 1. The van der Waals surface area contributed by atoms with Crippen molar-refractivity contribution in [1.82, 2.24) is 4.90 Å². The Labute approximate surface area is 148 Å². The van der Waals surface area contributed by atoms with Gasteiger partial charge in [0.15, 0.2) is 0 Å². The molecule has 0 amide bonds. The molecule has 0 spiro atoms. The van der Waals surface area contributed by atoms with Crippen molar-refractivity contribution in [3.05, 3.63) is 71.8 Å². The molecular formula is C21H23NO3. The smallest absolute Gasteiger partial charge is 0.348 e. The van der Waals surface area contributed by atoms with E-state index in [1.165, 1.54) is 0 Å². The predicted molar refractivity (Wildman–Crippen MR) is 95.0 cm³/mol.